The fourth-order valence-corrected chi connectivity index (χ4v) is 7.44. The normalized spacial score (nSPS) is 16.3. The molecule has 0 aliphatic heterocycles. The number of imidazole rings is 1. The topological polar surface area (TPSA) is 44.1 Å². The maximum absolute atomic E-state index is 6.32. The number of para-hydroxylation sites is 1. The van der Waals surface area contributed by atoms with E-state index in [2.05, 4.69) is 151 Å². The summed E-state index contributed by atoms with van der Waals surface area (Å²) in [6.45, 7) is 2.27. The standard InChI is InChI=1S/C44H30N2O2/c1-27-9-5-7-13-38(27)46-39-19-15-32(26-37(39)45-44(46)28-10-3-2-4-11-28)31-18-22-43-36(25-31)35-24-30(17-21-42(35)48-43)29-16-20-41-34(23-29)33-12-6-8-14-40(33)47-41/h2-27,38H,1H3. The molecule has 10 rings (SSSR count). The fraction of sp³-hybridized carbons (Fsp3) is 0.0682. The molecule has 2 atom stereocenters. The van der Waals surface area contributed by atoms with E-state index in [1.54, 1.807) is 0 Å². The van der Waals surface area contributed by atoms with E-state index in [0.29, 0.717) is 5.92 Å². The van der Waals surface area contributed by atoms with Gasteiger partial charge in [0.15, 0.2) is 0 Å². The highest BCUT2D eigenvalue weighted by atomic mass is 16.3. The Labute approximate surface area is 276 Å². The number of furan rings is 2. The SMILES string of the molecule is CC1C=CC=CC1n1c(-c2ccccc2)nc2cc(-c3ccc4oc5ccc(-c6ccc7oc8ccccc8c7c6)cc5c4c3)ccc21. The van der Waals surface area contributed by atoms with Crippen LogP contribution in [0.15, 0.2) is 161 Å². The van der Waals surface area contributed by atoms with E-state index in [4.69, 9.17) is 13.8 Å². The molecule has 3 heterocycles. The first-order valence-corrected chi connectivity index (χ1v) is 16.5. The molecule has 0 saturated carbocycles. The minimum Gasteiger partial charge on any atom is -0.456 e. The van der Waals surface area contributed by atoms with E-state index >= 15 is 0 Å². The summed E-state index contributed by atoms with van der Waals surface area (Å²) in [6.07, 6.45) is 8.84. The van der Waals surface area contributed by atoms with Crippen LogP contribution < -0.4 is 0 Å². The van der Waals surface area contributed by atoms with Crippen LogP contribution in [0.3, 0.4) is 0 Å². The number of hydrogen-bond acceptors (Lipinski definition) is 3. The second-order valence-corrected chi connectivity index (χ2v) is 12.8. The lowest BCUT2D eigenvalue weighted by Gasteiger charge is -2.25. The minimum atomic E-state index is 0.192. The Bertz CT molecular complexity index is 2760. The molecule has 3 aromatic heterocycles. The molecule has 6 aromatic carbocycles. The number of rotatable bonds is 4. The van der Waals surface area contributed by atoms with Gasteiger partial charge in [-0.3, -0.25) is 0 Å². The summed E-state index contributed by atoms with van der Waals surface area (Å²) in [5, 5.41) is 4.46. The fourth-order valence-electron chi connectivity index (χ4n) is 7.44. The van der Waals surface area contributed by atoms with Gasteiger partial charge in [-0.15, -0.1) is 0 Å². The molecule has 1 aliphatic rings. The highest BCUT2D eigenvalue weighted by molar-refractivity contribution is 6.09. The zero-order valence-corrected chi connectivity index (χ0v) is 26.3. The Morgan fingerprint density at radius 1 is 0.500 bits per heavy atom. The molecule has 0 amide bonds. The highest BCUT2D eigenvalue weighted by Gasteiger charge is 2.23. The van der Waals surface area contributed by atoms with E-state index in [9.17, 15) is 0 Å². The van der Waals surface area contributed by atoms with E-state index in [0.717, 1.165) is 88.6 Å². The van der Waals surface area contributed by atoms with Crippen LogP contribution in [0.1, 0.15) is 13.0 Å². The van der Waals surface area contributed by atoms with Gasteiger partial charge < -0.3 is 13.4 Å². The number of hydrogen-bond donors (Lipinski definition) is 0. The molecule has 4 heteroatoms. The molecule has 0 spiro atoms. The van der Waals surface area contributed by atoms with Crippen LogP contribution >= 0.6 is 0 Å². The first kappa shape index (κ1) is 27.0. The van der Waals surface area contributed by atoms with Crippen LogP contribution in [-0.2, 0) is 0 Å². The lowest BCUT2D eigenvalue weighted by atomic mass is 9.96. The van der Waals surface area contributed by atoms with Crippen molar-refractivity contribution in [3.8, 4) is 33.6 Å². The van der Waals surface area contributed by atoms with E-state index < -0.39 is 0 Å². The summed E-state index contributed by atoms with van der Waals surface area (Å²) < 4.78 is 14.8. The van der Waals surface area contributed by atoms with Crippen LogP contribution in [-0.4, -0.2) is 9.55 Å². The predicted octanol–water partition coefficient (Wildman–Crippen LogP) is 12.1. The molecule has 0 fully saturated rings. The maximum Gasteiger partial charge on any atom is 0.141 e. The molecule has 0 saturated heterocycles. The van der Waals surface area contributed by atoms with Crippen LogP contribution in [0.25, 0.3) is 88.6 Å². The van der Waals surface area contributed by atoms with Gasteiger partial charge in [-0.1, -0.05) is 104 Å². The highest BCUT2D eigenvalue weighted by Crippen LogP contribution is 2.39. The molecule has 9 aromatic rings. The second kappa shape index (κ2) is 10.4. The first-order chi connectivity index (χ1) is 23.7. The lowest BCUT2D eigenvalue weighted by Crippen LogP contribution is -2.16. The van der Waals surface area contributed by atoms with Crippen molar-refractivity contribution >= 4 is 54.9 Å². The van der Waals surface area contributed by atoms with Gasteiger partial charge in [0.2, 0.25) is 0 Å². The van der Waals surface area contributed by atoms with Crippen LogP contribution in [0.5, 0.6) is 0 Å². The van der Waals surface area contributed by atoms with Crippen molar-refractivity contribution in [1.29, 1.82) is 0 Å². The number of aromatic nitrogens is 2. The van der Waals surface area contributed by atoms with Crippen LogP contribution in [0.4, 0.5) is 0 Å². The zero-order valence-electron chi connectivity index (χ0n) is 26.3. The monoisotopic (exact) mass is 618 g/mol. The average Bonchev–Trinajstić information content (AvgIpc) is 3.82. The third-order valence-corrected chi connectivity index (χ3v) is 9.90. The first-order valence-electron chi connectivity index (χ1n) is 16.5. The van der Waals surface area contributed by atoms with Crippen molar-refractivity contribution in [3.63, 3.8) is 0 Å². The Kier molecular flexibility index (Phi) is 5.88. The van der Waals surface area contributed by atoms with Crippen molar-refractivity contribution in [3.05, 3.63) is 152 Å². The summed E-state index contributed by atoms with van der Waals surface area (Å²) in [5.74, 6) is 1.35. The minimum absolute atomic E-state index is 0.192. The molecular weight excluding hydrogens is 588 g/mol. The smallest absolute Gasteiger partial charge is 0.141 e. The molecule has 0 radical (unpaired) electrons. The van der Waals surface area contributed by atoms with Gasteiger partial charge >= 0.3 is 0 Å². The van der Waals surface area contributed by atoms with Gasteiger partial charge in [-0.2, -0.15) is 0 Å². The lowest BCUT2D eigenvalue weighted by molar-refractivity contribution is 0.500. The van der Waals surface area contributed by atoms with E-state index in [1.165, 1.54) is 0 Å². The number of fused-ring (bicyclic) bond motifs is 7. The summed E-state index contributed by atoms with van der Waals surface area (Å²) in [6, 6.07) is 45.0. The third kappa shape index (κ3) is 4.19. The molecule has 0 N–H and O–H groups in total. The summed E-state index contributed by atoms with van der Waals surface area (Å²) in [5.41, 5.74) is 11.4. The van der Waals surface area contributed by atoms with Crippen molar-refractivity contribution in [2.24, 2.45) is 5.92 Å². The van der Waals surface area contributed by atoms with Crippen molar-refractivity contribution in [2.45, 2.75) is 13.0 Å². The van der Waals surface area contributed by atoms with E-state index in [1.807, 2.05) is 12.1 Å². The van der Waals surface area contributed by atoms with Crippen molar-refractivity contribution < 1.29 is 8.83 Å². The van der Waals surface area contributed by atoms with Gasteiger partial charge in [0, 0.05) is 27.1 Å². The summed E-state index contributed by atoms with van der Waals surface area (Å²) in [7, 11) is 0. The third-order valence-electron chi connectivity index (χ3n) is 9.90. The largest absolute Gasteiger partial charge is 0.456 e. The summed E-state index contributed by atoms with van der Waals surface area (Å²) in [4.78, 5) is 5.24. The number of benzene rings is 6. The Balaban J connectivity index is 1.09. The van der Waals surface area contributed by atoms with Gasteiger partial charge in [0.1, 0.15) is 28.2 Å². The van der Waals surface area contributed by atoms with Gasteiger partial charge in [-0.25, -0.2) is 4.98 Å². The molecule has 228 valence electrons. The molecule has 0 bridgehead atoms. The molecule has 1 aliphatic carbocycles. The van der Waals surface area contributed by atoms with Gasteiger partial charge in [-0.05, 0) is 82.8 Å². The molecule has 4 nitrogen and oxygen atoms in total. The van der Waals surface area contributed by atoms with Crippen molar-refractivity contribution in [2.75, 3.05) is 0 Å². The maximum atomic E-state index is 6.32. The van der Waals surface area contributed by atoms with Crippen molar-refractivity contribution in [1.82, 2.24) is 9.55 Å². The molecule has 2 unspecified atom stereocenters. The Hall–Kier alpha value is -6.13. The molecular formula is C44H30N2O2. The van der Waals surface area contributed by atoms with Crippen LogP contribution in [0.2, 0.25) is 0 Å². The Morgan fingerprint density at radius 2 is 1.04 bits per heavy atom. The number of nitrogens with zero attached hydrogens (tertiary/aromatic N) is 2. The molecule has 48 heavy (non-hydrogen) atoms. The summed E-state index contributed by atoms with van der Waals surface area (Å²) >= 11 is 0. The Morgan fingerprint density at radius 3 is 1.71 bits per heavy atom. The van der Waals surface area contributed by atoms with Gasteiger partial charge in [0.25, 0.3) is 0 Å². The van der Waals surface area contributed by atoms with Crippen LogP contribution in [0, 0.1) is 5.92 Å². The zero-order chi connectivity index (χ0) is 31.8. The number of allylic oxidation sites excluding steroid dienone is 4. The second-order valence-electron chi connectivity index (χ2n) is 12.8. The van der Waals surface area contributed by atoms with E-state index in [-0.39, 0.29) is 6.04 Å². The quantitative estimate of drug-likeness (QED) is 0.197. The van der Waals surface area contributed by atoms with Gasteiger partial charge in [0.05, 0.1) is 17.1 Å². The average molecular weight is 619 g/mol. The predicted molar refractivity (Wildman–Crippen MR) is 197 cm³/mol.